The fourth-order valence-electron chi connectivity index (χ4n) is 3.33. The summed E-state index contributed by atoms with van der Waals surface area (Å²) in [6.45, 7) is 1.61. The van der Waals surface area contributed by atoms with Gasteiger partial charge in [-0.15, -0.1) is 0 Å². The Bertz CT molecular complexity index is 835. The molecule has 1 aromatic carbocycles. The van der Waals surface area contributed by atoms with E-state index in [4.69, 9.17) is 5.11 Å². The average molecular weight is 349 g/mol. The number of carbonyl (C=O) groups excluding carboxylic acids is 1. The highest BCUT2D eigenvalue weighted by molar-refractivity contribution is 5.92. The first-order valence-corrected chi connectivity index (χ1v) is 7.88. The molecule has 0 saturated carbocycles. The van der Waals surface area contributed by atoms with Crippen LogP contribution in [0.15, 0.2) is 24.4 Å². The molecule has 2 aromatic rings. The minimum absolute atomic E-state index is 0.213. The van der Waals surface area contributed by atoms with Crippen LogP contribution in [-0.4, -0.2) is 26.5 Å². The summed E-state index contributed by atoms with van der Waals surface area (Å²) >= 11 is 0. The number of ketones is 1. The highest BCUT2D eigenvalue weighted by atomic mass is 19.2. The minimum atomic E-state index is -1.21. The quantitative estimate of drug-likeness (QED) is 0.833. The number of nitrogens with one attached hydrogen (secondary N) is 1. The summed E-state index contributed by atoms with van der Waals surface area (Å²) in [5, 5.41) is 11.4. The van der Waals surface area contributed by atoms with E-state index in [-0.39, 0.29) is 17.9 Å². The molecule has 0 fully saturated rings. The summed E-state index contributed by atoms with van der Waals surface area (Å²) in [5.74, 6) is -2.06. The molecular weight excluding hydrogens is 332 g/mol. The van der Waals surface area contributed by atoms with Crippen molar-refractivity contribution < 1.29 is 23.5 Å². The number of Topliss-reactive ketones (excluding diaryl/α,β-unsaturated/α-hetero) is 1. The van der Waals surface area contributed by atoms with Gasteiger partial charge in [0.2, 0.25) is 0 Å². The SMILES string of the molecule is CC(=O)c1cnc2n1C[C@H](c1cccc(F)c1F)CC[C@H]2NC(=O)O. The Hall–Kier alpha value is -2.77. The van der Waals surface area contributed by atoms with E-state index in [1.165, 1.54) is 25.3 Å². The predicted molar refractivity (Wildman–Crippen MR) is 84.5 cm³/mol. The molecule has 1 aromatic heterocycles. The van der Waals surface area contributed by atoms with Gasteiger partial charge in [0.25, 0.3) is 0 Å². The number of carboxylic acid groups (broad SMARTS) is 1. The summed E-state index contributed by atoms with van der Waals surface area (Å²) < 4.78 is 29.4. The van der Waals surface area contributed by atoms with E-state index in [1.807, 2.05) is 0 Å². The van der Waals surface area contributed by atoms with Crippen LogP contribution in [0.2, 0.25) is 0 Å². The molecule has 1 aliphatic rings. The van der Waals surface area contributed by atoms with Crippen LogP contribution in [0.5, 0.6) is 0 Å². The third-order valence-corrected chi connectivity index (χ3v) is 4.48. The summed E-state index contributed by atoms with van der Waals surface area (Å²) in [4.78, 5) is 27.1. The number of carbonyl (C=O) groups is 2. The van der Waals surface area contributed by atoms with Gasteiger partial charge in [-0.1, -0.05) is 12.1 Å². The van der Waals surface area contributed by atoms with Gasteiger partial charge in [0.1, 0.15) is 11.5 Å². The summed E-state index contributed by atoms with van der Waals surface area (Å²) in [7, 11) is 0. The monoisotopic (exact) mass is 349 g/mol. The van der Waals surface area contributed by atoms with Gasteiger partial charge in [0.15, 0.2) is 17.4 Å². The lowest BCUT2D eigenvalue weighted by Crippen LogP contribution is -2.28. The largest absolute Gasteiger partial charge is 0.465 e. The van der Waals surface area contributed by atoms with Gasteiger partial charge in [0, 0.05) is 19.4 Å². The normalized spacial score (nSPS) is 19.8. The van der Waals surface area contributed by atoms with Crippen LogP contribution < -0.4 is 5.32 Å². The van der Waals surface area contributed by atoms with E-state index in [1.54, 1.807) is 4.57 Å². The second kappa shape index (κ2) is 6.62. The first kappa shape index (κ1) is 17.1. The molecule has 25 heavy (non-hydrogen) atoms. The second-order valence-electron chi connectivity index (χ2n) is 6.09. The van der Waals surface area contributed by atoms with Crippen molar-refractivity contribution in [1.29, 1.82) is 0 Å². The zero-order valence-corrected chi connectivity index (χ0v) is 13.5. The molecule has 1 amide bonds. The van der Waals surface area contributed by atoms with Gasteiger partial charge in [-0.2, -0.15) is 0 Å². The van der Waals surface area contributed by atoms with Crippen molar-refractivity contribution in [3.63, 3.8) is 0 Å². The van der Waals surface area contributed by atoms with Gasteiger partial charge in [0.05, 0.1) is 12.2 Å². The predicted octanol–water partition coefficient (Wildman–Crippen LogP) is 3.25. The number of aromatic nitrogens is 2. The van der Waals surface area contributed by atoms with Crippen LogP contribution in [0.4, 0.5) is 13.6 Å². The van der Waals surface area contributed by atoms with Crippen molar-refractivity contribution in [3.05, 3.63) is 53.1 Å². The first-order chi connectivity index (χ1) is 11.9. The Balaban J connectivity index is 2.04. The van der Waals surface area contributed by atoms with Crippen molar-refractivity contribution in [3.8, 4) is 0 Å². The fraction of sp³-hybridized carbons (Fsp3) is 0.353. The van der Waals surface area contributed by atoms with Crippen LogP contribution in [-0.2, 0) is 6.54 Å². The molecule has 1 aliphatic heterocycles. The van der Waals surface area contributed by atoms with Crippen molar-refractivity contribution in [2.24, 2.45) is 0 Å². The highest BCUT2D eigenvalue weighted by Gasteiger charge is 2.31. The number of hydrogen-bond donors (Lipinski definition) is 2. The van der Waals surface area contributed by atoms with Gasteiger partial charge < -0.3 is 15.0 Å². The van der Waals surface area contributed by atoms with Crippen molar-refractivity contribution in [2.75, 3.05) is 0 Å². The topological polar surface area (TPSA) is 84.2 Å². The van der Waals surface area contributed by atoms with Crippen LogP contribution >= 0.6 is 0 Å². The smallest absolute Gasteiger partial charge is 0.405 e. The molecule has 0 aliphatic carbocycles. The molecule has 2 heterocycles. The maximum atomic E-state index is 14.2. The Morgan fingerprint density at radius 3 is 2.76 bits per heavy atom. The molecule has 0 bridgehead atoms. The summed E-state index contributed by atoms with van der Waals surface area (Å²) in [6.07, 6.45) is 0.963. The van der Waals surface area contributed by atoms with Gasteiger partial charge in [-0.25, -0.2) is 18.6 Å². The van der Waals surface area contributed by atoms with Gasteiger partial charge in [-0.3, -0.25) is 4.79 Å². The number of rotatable bonds is 3. The maximum absolute atomic E-state index is 14.2. The highest BCUT2D eigenvalue weighted by Crippen LogP contribution is 2.35. The zero-order valence-electron chi connectivity index (χ0n) is 13.5. The Kier molecular flexibility index (Phi) is 4.52. The number of benzene rings is 1. The van der Waals surface area contributed by atoms with Crippen LogP contribution in [0, 0.1) is 11.6 Å². The number of imidazole rings is 1. The molecule has 0 radical (unpaired) electrons. The molecule has 0 unspecified atom stereocenters. The summed E-state index contributed by atoms with van der Waals surface area (Å²) in [6, 6.07) is 3.38. The van der Waals surface area contributed by atoms with E-state index >= 15 is 0 Å². The molecule has 132 valence electrons. The zero-order chi connectivity index (χ0) is 18.1. The number of amides is 1. The van der Waals surface area contributed by atoms with E-state index < -0.39 is 29.7 Å². The molecule has 8 heteroatoms. The second-order valence-corrected chi connectivity index (χ2v) is 6.09. The lowest BCUT2D eigenvalue weighted by Gasteiger charge is -2.17. The molecule has 6 nitrogen and oxygen atoms in total. The number of fused-ring (bicyclic) bond motifs is 1. The van der Waals surface area contributed by atoms with E-state index in [9.17, 15) is 18.4 Å². The van der Waals surface area contributed by atoms with Crippen LogP contribution in [0.25, 0.3) is 0 Å². The first-order valence-electron chi connectivity index (χ1n) is 7.88. The Labute approximate surface area is 142 Å². The minimum Gasteiger partial charge on any atom is -0.465 e. The van der Waals surface area contributed by atoms with Crippen molar-refractivity contribution in [1.82, 2.24) is 14.9 Å². The number of nitrogens with zero attached hydrogens (tertiary/aromatic N) is 2. The van der Waals surface area contributed by atoms with Gasteiger partial charge in [-0.05, 0) is 24.5 Å². The van der Waals surface area contributed by atoms with E-state index in [0.29, 0.717) is 24.4 Å². The van der Waals surface area contributed by atoms with Gasteiger partial charge >= 0.3 is 6.09 Å². The summed E-state index contributed by atoms with van der Waals surface area (Å²) in [5.41, 5.74) is 0.529. The molecule has 0 saturated heterocycles. The lowest BCUT2D eigenvalue weighted by atomic mass is 9.93. The number of hydrogen-bond acceptors (Lipinski definition) is 3. The standard InChI is InChI=1S/C17H17F2N3O3/c1-9(23)14-7-20-16-13(21-17(24)25)6-5-10(8-22(14)16)11-3-2-4-12(18)15(11)19/h2-4,7,10,13,21H,5-6,8H2,1H3,(H,24,25)/t10-,13-/m1/s1. The molecule has 2 N–H and O–H groups in total. The van der Waals surface area contributed by atoms with E-state index in [0.717, 1.165) is 6.07 Å². The fourth-order valence-corrected chi connectivity index (χ4v) is 3.33. The Morgan fingerprint density at radius 1 is 1.32 bits per heavy atom. The average Bonchev–Trinajstić information content (AvgIpc) is 2.88. The van der Waals surface area contributed by atoms with Crippen LogP contribution in [0.1, 0.15) is 53.6 Å². The molecule has 0 spiro atoms. The third kappa shape index (κ3) is 3.24. The number of halogens is 2. The molecule has 3 rings (SSSR count). The van der Waals surface area contributed by atoms with Crippen molar-refractivity contribution >= 4 is 11.9 Å². The van der Waals surface area contributed by atoms with E-state index in [2.05, 4.69) is 10.3 Å². The molecule has 2 atom stereocenters. The molecular formula is C17H17F2N3O3. The lowest BCUT2D eigenvalue weighted by molar-refractivity contribution is 0.100. The van der Waals surface area contributed by atoms with Crippen molar-refractivity contribution in [2.45, 2.75) is 38.3 Å². The third-order valence-electron chi connectivity index (χ3n) is 4.48. The Morgan fingerprint density at radius 2 is 2.08 bits per heavy atom. The maximum Gasteiger partial charge on any atom is 0.405 e. The van der Waals surface area contributed by atoms with Crippen LogP contribution in [0.3, 0.4) is 0 Å².